The molecule has 0 amide bonds. The molecular weight excluding hydrogens is 288 g/mol. The highest BCUT2D eigenvalue weighted by Crippen LogP contribution is 2.39. The number of nitrogens with one attached hydrogen (secondary N) is 1. The monoisotopic (exact) mass is 298 g/mol. The molecular formula is C19H10N2O2. The lowest BCUT2D eigenvalue weighted by molar-refractivity contribution is 0.104. The quantitative estimate of drug-likeness (QED) is 0.446. The summed E-state index contributed by atoms with van der Waals surface area (Å²) in [4.78, 5) is 32.1. The van der Waals surface area contributed by atoms with Gasteiger partial charge in [-0.25, -0.2) is 0 Å². The Balaban J connectivity index is 2.06. The zero-order valence-corrected chi connectivity index (χ0v) is 12.0. The summed E-state index contributed by atoms with van der Waals surface area (Å²) in [6.45, 7) is 0. The number of nitrogens with zero attached hydrogens (tertiary/aromatic N) is 1. The summed E-state index contributed by atoms with van der Waals surface area (Å²) in [6.07, 6.45) is 3.24. The molecule has 4 heteroatoms. The summed E-state index contributed by atoms with van der Waals surface area (Å²) in [5, 5.41) is 2.89. The Labute approximate surface area is 130 Å². The predicted molar refractivity (Wildman–Crippen MR) is 88.7 cm³/mol. The summed E-state index contributed by atoms with van der Waals surface area (Å²) in [7, 11) is 0. The van der Waals surface area contributed by atoms with Gasteiger partial charge in [0.05, 0.1) is 11.1 Å². The van der Waals surface area contributed by atoms with Crippen molar-refractivity contribution in [2.75, 3.05) is 0 Å². The van der Waals surface area contributed by atoms with Crippen molar-refractivity contribution in [3.8, 4) is 11.1 Å². The van der Waals surface area contributed by atoms with Gasteiger partial charge in [0.1, 0.15) is 0 Å². The van der Waals surface area contributed by atoms with Gasteiger partial charge in [-0.1, -0.05) is 36.4 Å². The van der Waals surface area contributed by atoms with Crippen LogP contribution in [0, 0.1) is 0 Å². The van der Waals surface area contributed by atoms with E-state index in [1.165, 1.54) is 0 Å². The molecule has 2 aromatic heterocycles. The van der Waals surface area contributed by atoms with Crippen LogP contribution in [-0.2, 0) is 0 Å². The zero-order valence-electron chi connectivity index (χ0n) is 12.0. The van der Waals surface area contributed by atoms with Gasteiger partial charge < -0.3 is 4.98 Å². The number of fused-ring (bicyclic) bond motifs is 7. The average molecular weight is 298 g/mol. The molecule has 2 heterocycles. The topological polar surface area (TPSA) is 62.8 Å². The predicted octanol–water partition coefficient (Wildman–Crippen LogP) is 3.29. The molecule has 2 aromatic carbocycles. The number of carbonyl (C=O) groups excluding carboxylic acids is 1. The molecule has 1 aliphatic carbocycles. The van der Waals surface area contributed by atoms with Crippen molar-refractivity contribution in [2.24, 2.45) is 0 Å². The van der Waals surface area contributed by atoms with E-state index in [0.29, 0.717) is 11.1 Å². The Morgan fingerprint density at radius 3 is 2.61 bits per heavy atom. The Morgan fingerprint density at radius 2 is 1.70 bits per heavy atom. The summed E-state index contributed by atoms with van der Waals surface area (Å²) in [5.41, 5.74) is 2.61. The van der Waals surface area contributed by atoms with Crippen LogP contribution in [0.15, 0.2) is 59.7 Å². The summed E-state index contributed by atoms with van der Waals surface area (Å²) < 4.78 is 0. The first-order valence-electron chi connectivity index (χ1n) is 7.32. The number of rotatable bonds is 0. The first-order valence-corrected chi connectivity index (χ1v) is 7.32. The number of pyridine rings is 2. The van der Waals surface area contributed by atoms with Crippen molar-refractivity contribution < 1.29 is 4.79 Å². The normalized spacial score (nSPS) is 12.6. The summed E-state index contributed by atoms with van der Waals surface area (Å²) in [6, 6.07) is 13.5. The smallest absolute Gasteiger partial charge is 0.260 e. The molecule has 1 N–H and O–H groups in total. The van der Waals surface area contributed by atoms with Crippen molar-refractivity contribution in [3.05, 3.63) is 76.3 Å². The fourth-order valence-electron chi connectivity index (χ4n) is 3.46. The van der Waals surface area contributed by atoms with Gasteiger partial charge in [0.2, 0.25) is 0 Å². The lowest BCUT2D eigenvalue weighted by Crippen LogP contribution is -2.16. The van der Waals surface area contributed by atoms with Gasteiger partial charge in [0.25, 0.3) is 5.56 Å². The van der Waals surface area contributed by atoms with Gasteiger partial charge in [0.15, 0.2) is 5.78 Å². The van der Waals surface area contributed by atoms with Crippen LogP contribution < -0.4 is 5.56 Å². The summed E-state index contributed by atoms with van der Waals surface area (Å²) in [5.74, 6) is -0.228. The van der Waals surface area contributed by atoms with E-state index >= 15 is 0 Å². The van der Waals surface area contributed by atoms with Gasteiger partial charge >= 0.3 is 0 Å². The molecule has 0 aliphatic heterocycles. The van der Waals surface area contributed by atoms with Crippen LogP contribution >= 0.6 is 0 Å². The van der Waals surface area contributed by atoms with Crippen LogP contribution in [0.5, 0.6) is 0 Å². The van der Waals surface area contributed by atoms with Gasteiger partial charge in [-0.15, -0.1) is 0 Å². The molecule has 0 saturated heterocycles. The number of hydrogen-bond donors (Lipinski definition) is 1. The van der Waals surface area contributed by atoms with Crippen LogP contribution in [0.3, 0.4) is 0 Å². The zero-order chi connectivity index (χ0) is 15.6. The molecule has 5 rings (SSSR count). The number of H-pyrrole nitrogens is 1. The number of carbonyl (C=O) groups is 1. The first kappa shape index (κ1) is 12.3. The minimum atomic E-state index is -0.343. The maximum atomic E-state index is 12.6. The van der Waals surface area contributed by atoms with Crippen molar-refractivity contribution in [1.29, 1.82) is 0 Å². The Morgan fingerprint density at radius 1 is 0.826 bits per heavy atom. The van der Waals surface area contributed by atoms with Crippen molar-refractivity contribution in [2.45, 2.75) is 0 Å². The maximum absolute atomic E-state index is 12.6. The fourth-order valence-corrected chi connectivity index (χ4v) is 3.46. The minimum Gasteiger partial charge on any atom is -0.321 e. The van der Waals surface area contributed by atoms with E-state index in [9.17, 15) is 9.59 Å². The molecule has 4 aromatic rings. The SMILES string of the molecule is O=C1c2ccncc2-c2c1c(=O)[nH]c1c2ccc2ccccc21. The van der Waals surface area contributed by atoms with Crippen LogP contribution in [0.2, 0.25) is 0 Å². The first-order chi connectivity index (χ1) is 11.3. The van der Waals surface area contributed by atoms with E-state index in [2.05, 4.69) is 9.97 Å². The van der Waals surface area contributed by atoms with E-state index in [0.717, 1.165) is 27.2 Å². The third kappa shape index (κ3) is 1.47. The van der Waals surface area contributed by atoms with E-state index in [1.807, 2.05) is 36.4 Å². The minimum absolute atomic E-state index is 0.218. The second-order valence-electron chi connectivity index (χ2n) is 5.66. The van der Waals surface area contributed by atoms with E-state index in [1.54, 1.807) is 18.5 Å². The average Bonchev–Trinajstić information content (AvgIpc) is 2.89. The van der Waals surface area contributed by atoms with Crippen LogP contribution in [0.4, 0.5) is 0 Å². The van der Waals surface area contributed by atoms with Crippen LogP contribution in [0.1, 0.15) is 15.9 Å². The third-order valence-corrected chi connectivity index (χ3v) is 4.48. The molecule has 0 saturated carbocycles. The molecule has 4 nitrogen and oxygen atoms in total. The van der Waals surface area contributed by atoms with E-state index < -0.39 is 0 Å². The molecule has 23 heavy (non-hydrogen) atoms. The number of hydrogen-bond acceptors (Lipinski definition) is 3. The number of aromatic amines is 1. The van der Waals surface area contributed by atoms with Gasteiger partial charge in [-0.2, -0.15) is 0 Å². The molecule has 108 valence electrons. The van der Waals surface area contributed by atoms with Gasteiger partial charge in [0, 0.05) is 39.9 Å². The van der Waals surface area contributed by atoms with Crippen molar-refractivity contribution in [3.63, 3.8) is 0 Å². The molecule has 0 spiro atoms. The number of benzene rings is 2. The molecule has 0 radical (unpaired) electrons. The second kappa shape index (κ2) is 4.14. The number of aromatic nitrogens is 2. The lowest BCUT2D eigenvalue weighted by Gasteiger charge is -2.08. The molecule has 1 aliphatic rings. The molecule has 0 unspecified atom stereocenters. The largest absolute Gasteiger partial charge is 0.321 e. The van der Waals surface area contributed by atoms with Crippen molar-refractivity contribution in [1.82, 2.24) is 9.97 Å². The van der Waals surface area contributed by atoms with E-state index in [-0.39, 0.29) is 16.9 Å². The Hall–Kier alpha value is -3.27. The van der Waals surface area contributed by atoms with Crippen LogP contribution in [0.25, 0.3) is 32.8 Å². The standard InChI is InChI=1S/C19H10N2O2/c22-18-12-7-8-20-9-14(12)15-13-6-5-10-3-1-2-4-11(10)17(13)21-19(23)16(15)18/h1-9H,(H,21,23). The number of ketones is 1. The maximum Gasteiger partial charge on any atom is 0.260 e. The Kier molecular flexibility index (Phi) is 2.21. The van der Waals surface area contributed by atoms with Gasteiger partial charge in [-0.3, -0.25) is 14.6 Å². The van der Waals surface area contributed by atoms with Gasteiger partial charge in [-0.05, 0) is 11.5 Å². The third-order valence-electron chi connectivity index (χ3n) is 4.48. The second-order valence-corrected chi connectivity index (χ2v) is 5.66. The fraction of sp³-hybridized carbons (Fsp3) is 0. The van der Waals surface area contributed by atoms with Crippen molar-refractivity contribution >= 4 is 27.5 Å². The molecule has 0 atom stereocenters. The highest BCUT2D eigenvalue weighted by molar-refractivity contribution is 6.26. The molecule has 0 fully saturated rings. The van der Waals surface area contributed by atoms with E-state index in [4.69, 9.17) is 0 Å². The lowest BCUT2D eigenvalue weighted by atomic mass is 9.99. The molecule has 0 bridgehead atoms. The Bertz CT molecular complexity index is 1210. The highest BCUT2D eigenvalue weighted by atomic mass is 16.1. The van der Waals surface area contributed by atoms with Crippen LogP contribution in [-0.4, -0.2) is 15.8 Å². The highest BCUT2D eigenvalue weighted by Gasteiger charge is 2.31. The summed E-state index contributed by atoms with van der Waals surface area (Å²) >= 11 is 0.